The molecule has 0 aliphatic carbocycles. The van der Waals surface area contributed by atoms with Gasteiger partial charge in [-0.3, -0.25) is 0 Å². The molecule has 0 spiro atoms. The van der Waals surface area contributed by atoms with Gasteiger partial charge in [0.05, 0.1) is 4.47 Å². The Balaban J connectivity index is 2.28. The van der Waals surface area contributed by atoms with Gasteiger partial charge in [0.2, 0.25) is 0 Å². The first kappa shape index (κ1) is 10.8. The largest absolute Gasteiger partial charge is 0.436 e. The molecular formula is C10H7BrFN3O. The maximum atomic E-state index is 13.0. The number of hydrogen-bond donors (Lipinski definition) is 1. The summed E-state index contributed by atoms with van der Waals surface area (Å²) < 4.78 is 18.6. The third-order valence-electron chi connectivity index (χ3n) is 1.80. The van der Waals surface area contributed by atoms with E-state index in [-0.39, 0.29) is 17.5 Å². The standard InChI is InChI=1S/C10H7BrFN3O/c11-7-5-6(1-2-8(7)12)16-10-9(13)14-3-4-15-10/h1-5H,(H2,13,14). The highest BCUT2D eigenvalue weighted by atomic mass is 79.9. The average Bonchev–Trinajstić information content (AvgIpc) is 2.27. The summed E-state index contributed by atoms with van der Waals surface area (Å²) in [6.45, 7) is 0. The maximum absolute atomic E-state index is 13.0. The van der Waals surface area contributed by atoms with E-state index in [0.717, 1.165) is 0 Å². The van der Waals surface area contributed by atoms with Crippen molar-refractivity contribution in [1.29, 1.82) is 0 Å². The molecule has 4 nitrogen and oxygen atoms in total. The zero-order chi connectivity index (χ0) is 11.5. The Bertz CT molecular complexity index is 521. The fourth-order valence-corrected chi connectivity index (χ4v) is 1.42. The van der Waals surface area contributed by atoms with E-state index in [4.69, 9.17) is 10.5 Å². The van der Waals surface area contributed by atoms with Gasteiger partial charge in [0, 0.05) is 12.4 Å². The van der Waals surface area contributed by atoms with Crippen molar-refractivity contribution in [3.63, 3.8) is 0 Å². The smallest absolute Gasteiger partial charge is 0.262 e. The molecule has 0 radical (unpaired) electrons. The quantitative estimate of drug-likeness (QED) is 0.921. The van der Waals surface area contributed by atoms with E-state index >= 15 is 0 Å². The van der Waals surface area contributed by atoms with Gasteiger partial charge in [0.25, 0.3) is 5.88 Å². The number of halogens is 2. The lowest BCUT2D eigenvalue weighted by molar-refractivity contribution is 0.461. The summed E-state index contributed by atoms with van der Waals surface area (Å²) in [4.78, 5) is 7.73. The van der Waals surface area contributed by atoms with Crippen LogP contribution in [0.1, 0.15) is 0 Å². The van der Waals surface area contributed by atoms with Gasteiger partial charge in [-0.2, -0.15) is 0 Å². The van der Waals surface area contributed by atoms with E-state index in [9.17, 15) is 4.39 Å². The molecule has 82 valence electrons. The number of anilines is 1. The Kier molecular flexibility index (Phi) is 3.00. The van der Waals surface area contributed by atoms with Crippen LogP contribution in [-0.4, -0.2) is 9.97 Å². The summed E-state index contributed by atoms with van der Waals surface area (Å²) in [6, 6.07) is 4.25. The third-order valence-corrected chi connectivity index (χ3v) is 2.40. The molecule has 0 fully saturated rings. The lowest BCUT2D eigenvalue weighted by Gasteiger charge is -2.06. The van der Waals surface area contributed by atoms with Gasteiger partial charge in [-0.25, -0.2) is 14.4 Å². The molecule has 0 aliphatic heterocycles. The molecule has 1 aromatic heterocycles. The van der Waals surface area contributed by atoms with Crippen LogP contribution in [0.15, 0.2) is 35.1 Å². The first-order valence-electron chi connectivity index (χ1n) is 4.36. The number of benzene rings is 1. The Labute approximate surface area is 99.4 Å². The molecule has 0 aliphatic rings. The van der Waals surface area contributed by atoms with E-state index in [1.54, 1.807) is 0 Å². The van der Waals surface area contributed by atoms with Crippen molar-refractivity contribution in [3.05, 3.63) is 40.9 Å². The zero-order valence-corrected chi connectivity index (χ0v) is 9.61. The van der Waals surface area contributed by atoms with Crippen LogP contribution in [0.4, 0.5) is 10.2 Å². The van der Waals surface area contributed by atoms with Gasteiger partial charge in [0.1, 0.15) is 11.6 Å². The SMILES string of the molecule is Nc1nccnc1Oc1ccc(F)c(Br)c1. The van der Waals surface area contributed by atoms with Crippen molar-refractivity contribution in [1.82, 2.24) is 9.97 Å². The highest BCUT2D eigenvalue weighted by Gasteiger charge is 2.06. The van der Waals surface area contributed by atoms with Crippen LogP contribution in [0.5, 0.6) is 11.6 Å². The van der Waals surface area contributed by atoms with Crippen LogP contribution < -0.4 is 10.5 Å². The monoisotopic (exact) mass is 283 g/mol. The van der Waals surface area contributed by atoms with Crippen LogP contribution in [-0.2, 0) is 0 Å². The Hall–Kier alpha value is -1.69. The van der Waals surface area contributed by atoms with E-state index < -0.39 is 0 Å². The number of nitrogens with zero attached hydrogens (tertiary/aromatic N) is 2. The Morgan fingerprint density at radius 1 is 1.25 bits per heavy atom. The second-order valence-electron chi connectivity index (χ2n) is 2.92. The van der Waals surface area contributed by atoms with Crippen molar-refractivity contribution in [3.8, 4) is 11.6 Å². The molecule has 0 unspecified atom stereocenters. The molecule has 0 amide bonds. The normalized spacial score (nSPS) is 10.1. The molecule has 6 heteroatoms. The van der Waals surface area contributed by atoms with Crippen molar-refractivity contribution in [2.24, 2.45) is 0 Å². The summed E-state index contributed by atoms with van der Waals surface area (Å²) in [5, 5.41) is 0. The molecule has 1 heterocycles. The molecule has 2 N–H and O–H groups in total. The molecule has 2 rings (SSSR count). The second-order valence-corrected chi connectivity index (χ2v) is 3.78. The van der Waals surface area contributed by atoms with Crippen molar-refractivity contribution in [2.75, 3.05) is 5.73 Å². The molecule has 2 aromatic rings. The molecule has 1 aromatic carbocycles. The topological polar surface area (TPSA) is 61.0 Å². The van der Waals surface area contributed by atoms with E-state index in [1.807, 2.05) is 0 Å². The average molecular weight is 284 g/mol. The van der Waals surface area contributed by atoms with Crippen molar-refractivity contribution >= 4 is 21.7 Å². The van der Waals surface area contributed by atoms with Crippen molar-refractivity contribution < 1.29 is 9.13 Å². The number of ether oxygens (including phenoxy) is 1. The minimum atomic E-state index is -0.362. The Morgan fingerprint density at radius 2 is 2.00 bits per heavy atom. The molecule has 0 bridgehead atoms. The number of hydrogen-bond acceptors (Lipinski definition) is 4. The number of nitrogen functional groups attached to an aromatic ring is 1. The summed E-state index contributed by atoms with van der Waals surface area (Å²) in [5.41, 5.74) is 5.55. The first-order valence-corrected chi connectivity index (χ1v) is 5.15. The zero-order valence-electron chi connectivity index (χ0n) is 8.02. The molecule has 0 saturated carbocycles. The summed E-state index contributed by atoms with van der Waals surface area (Å²) in [6.07, 6.45) is 2.92. The van der Waals surface area contributed by atoms with Gasteiger partial charge in [-0.1, -0.05) is 0 Å². The van der Waals surface area contributed by atoms with Crippen LogP contribution in [0.3, 0.4) is 0 Å². The molecule has 16 heavy (non-hydrogen) atoms. The molecule has 0 saturated heterocycles. The van der Waals surface area contributed by atoms with Crippen LogP contribution in [0.2, 0.25) is 0 Å². The number of nitrogens with two attached hydrogens (primary N) is 1. The van der Waals surface area contributed by atoms with E-state index in [1.165, 1.54) is 30.6 Å². The maximum Gasteiger partial charge on any atom is 0.262 e. The van der Waals surface area contributed by atoms with E-state index in [2.05, 4.69) is 25.9 Å². The first-order chi connectivity index (χ1) is 7.66. The second kappa shape index (κ2) is 4.44. The molecule has 0 atom stereocenters. The van der Waals surface area contributed by atoms with Crippen LogP contribution in [0, 0.1) is 5.82 Å². The predicted octanol–water partition coefficient (Wildman–Crippen LogP) is 2.75. The highest BCUT2D eigenvalue weighted by Crippen LogP contribution is 2.26. The van der Waals surface area contributed by atoms with Gasteiger partial charge in [0.15, 0.2) is 5.82 Å². The van der Waals surface area contributed by atoms with Crippen molar-refractivity contribution in [2.45, 2.75) is 0 Å². The lowest BCUT2D eigenvalue weighted by atomic mass is 10.3. The summed E-state index contributed by atoms with van der Waals surface area (Å²) >= 11 is 3.06. The van der Waals surface area contributed by atoms with Crippen LogP contribution >= 0.6 is 15.9 Å². The fourth-order valence-electron chi connectivity index (χ4n) is 1.07. The summed E-state index contributed by atoms with van der Waals surface area (Å²) in [5.74, 6) is 0.448. The number of rotatable bonds is 2. The summed E-state index contributed by atoms with van der Waals surface area (Å²) in [7, 11) is 0. The van der Waals surface area contributed by atoms with Gasteiger partial charge in [-0.05, 0) is 34.1 Å². The van der Waals surface area contributed by atoms with Gasteiger partial charge in [-0.15, -0.1) is 0 Å². The van der Waals surface area contributed by atoms with Gasteiger partial charge < -0.3 is 10.5 Å². The molecular weight excluding hydrogens is 277 g/mol. The number of aromatic nitrogens is 2. The fraction of sp³-hybridized carbons (Fsp3) is 0. The minimum absolute atomic E-state index is 0.183. The van der Waals surface area contributed by atoms with Crippen LogP contribution in [0.25, 0.3) is 0 Å². The highest BCUT2D eigenvalue weighted by molar-refractivity contribution is 9.10. The predicted molar refractivity (Wildman–Crippen MR) is 60.6 cm³/mol. The third kappa shape index (κ3) is 2.27. The van der Waals surface area contributed by atoms with E-state index in [0.29, 0.717) is 10.2 Å². The Morgan fingerprint density at radius 3 is 2.69 bits per heavy atom. The van der Waals surface area contributed by atoms with Gasteiger partial charge >= 0.3 is 0 Å². The minimum Gasteiger partial charge on any atom is -0.436 e. The lowest BCUT2D eigenvalue weighted by Crippen LogP contribution is -1.97.